The molecule has 106 valence electrons. The number of amides is 1. The third-order valence-electron chi connectivity index (χ3n) is 2.53. The number of anilines is 1. The number of phenolic OH excluding ortho intramolecular Hbond substituents is 1. The average molecular weight is 312 g/mol. The number of thiazole rings is 1. The highest BCUT2D eigenvalue weighted by molar-refractivity contribution is 7.92. The van der Waals surface area contributed by atoms with Crippen LogP contribution in [0.5, 0.6) is 5.75 Å². The van der Waals surface area contributed by atoms with Crippen LogP contribution in [0.2, 0.25) is 0 Å². The van der Waals surface area contributed by atoms with Gasteiger partial charge in [0.25, 0.3) is 5.91 Å². The van der Waals surface area contributed by atoms with Gasteiger partial charge in [0.15, 0.2) is 15.0 Å². The van der Waals surface area contributed by atoms with Crippen molar-refractivity contribution in [3.05, 3.63) is 35.5 Å². The first-order valence-electron chi connectivity index (χ1n) is 5.54. The summed E-state index contributed by atoms with van der Waals surface area (Å²) in [5, 5.41) is 12.1. The van der Waals surface area contributed by atoms with Gasteiger partial charge in [-0.05, 0) is 30.7 Å². The lowest BCUT2D eigenvalue weighted by Crippen LogP contribution is -2.11. The summed E-state index contributed by atoms with van der Waals surface area (Å²) in [6.45, 7) is 1.68. The van der Waals surface area contributed by atoms with Crippen molar-refractivity contribution in [2.45, 2.75) is 11.1 Å². The van der Waals surface area contributed by atoms with Crippen LogP contribution in [0.25, 0.3) is 0 Å². The van der Waals surface area contributed by atoms with E-state index in [0.29, 0.717) is 11.1 Å². The fraction of sp³-hybridized carbons (Fsp3) is 0.167. The summed E-state index contributed by atoms with van der Waals surface area (Å²) in [6.07, 6.45) is 2.28. The van der Waals surface area contributed by atoms with Crippen LogP contribution in [0.3, 0.4) is 0 Å². The molecule has 0 bridgehead atoms. The molecule has 20 heavy (non-hydrogen) atoms. The third-order valence-corrected chi connectivity index (χ3v) is 5.23. The molecule has 2 aromatic rings. The van der Waals surface area contributed by atoms with E-state index in [2.05, 4.69) is 10.3 Å². The van der Waals surface area contributed by atoms with Gasteiger partial charge in [-0.25, -0.2) is 13.4 Å². The maximum atomic E-state index is 12.0. The van der Waals surface area contributed by atoms with Crippen molar-refractivity contribution >= 4 is 32.2 Å². The molecule has 0 saturated carbocycles. The monoisotopic (exact) mass is 312 g/mol. The number of nitrogens with one attached hydrogen (secondary N) is 1. The summed E-state index contributed by atoms with van der Waals surface area (Å²) in [5.74, 6) is -0.308. The summed E-state index contributed by atoms with van der Waals surface area (Å²) < 4.78 is 22.7. The zero-order valence-electron chi connectivity index (χ0n) is 10.7. The molecule has 6 nitrogen and oxygen atoms in total. The molecule has 0 aliphatic carbocycles. The molecule has 0 atom stereocenters. The first-order valence-corrected chi connectivity index (χ1v) is 8.25. The number of hydrogen-bond donors (Lipinski definition) is 2. The van der Waals surface area contributed by atoms with E-state index in [0.717, 1.165) is 17.6 Å². The summed E-state index contributed by atoms with van der Waals surface area (Å²) in [6, 6.07) is 4.44. The molecule has 1 aromatic carbocycles. The molecule has 0 saturated heterocycles. The van der Waals surface area contributed by atoms with Crippen molar-refractivity contribution < 1.29 is 18.3 Å². The Labute approximate surface area is 120 Å². The Morgan fingerprint density at radius 3 is 2.65 bits per heavy atom. The van der Waals surface area contributed by atoms with E-state index in [9.17, 15) is 18.3 Å². The van der Waals surface area contributed by atoms with Gasteiger partial charge in [-0.1, -0.05) is 11.3 Å². The lowest BCUT2D eigenvalue weighted by Gasteiger charge is -2.04. The van der Waals surface area contributed by atoms with E-state index in [4.69, 9.17) is 0 Å². The maximum Gasteiger partial charge on any atom is 0.257 e. The molecule has 8 heteroatoms. The number of aromatic nitrogens is 1. The SMILES string of the molecule is Cc1cc(C(=O)Nc2ncc(S(C)(=O)=O)s2)ccc1O. The molecule has 0 spiro atoms. The summed E-state index contributed by atoms with van der Waals surface area (Å²) in [5.41, 5.74) is 0.935. The highest BCUT2D eigenvalue weighted by Gasteiger charge is 2.14. The lowest BCUT2D eigenvalue weighted by molar-refractivity contribution is 0.102. The predicted molar refractivity (Wildman–Crippen MR) is 76.0 cm³/mol. The molecule has 1 amide bonds. The number of hydrogen-bond acceptors (Lipinski definition) is 6. The molecule has 0 radical (unpaired) electrons. The van der Waals surface area contributed by atoms with Crippen LogP contribution in [-0.4, -0.2) is 30.7 Å². The second-order valence-corrected chi connectivity index (χ2v) is 7.49. The molecule has 0 unspecified atom stereocenters. The predicted octanol–water partition coefficient (Wildman–Crippen LogP) is 1.81. The highest BCUT2D eigenvalue weighted by Crippen LogP contribution is 2.23. The molecule has 0 aliphatic rings. The normalized spacial score (nSPS) is 11.3. The van der Waals surface area contributed by atoms with Crippen molar-refractivity contribution in [2.24, 2.45) is 0 Å². The number of aryl methyl sites for hydroxylation is 1. The third kappa shape index (κ3) is 3.14. The van der Waals surface area contributed by atoms with Crippen LogP contribution in [0.15, 0.2) is 28.6 Å². The van der Waals surface area contributed by atoms with E-state index < -0.39 is 15.7 Å². The van der Waals surface area contributed by atoms with E-state index in [1.165, 1.54) is 24.4 Å². The summed E-state index contributed by atoms with van der Waals surface area (Å²) in [7, 11) is -3.32. The van der Waals surface area contributed by atoms with Crippen LogP contribution < -0.4 is 5.32 Å². The summed E-state index contributed by atoms with van der Waals surface area (Å²) >= 11 is 0.890. The number of phenols is 1. The van der Waals surface area contributed by atoms with Gasteiger partial charge < -0.3 is 5.11 Å². The molecule has 2 N–H and O–H groups in total. The number of aromatic hydroxyl groups is 1. The number of carbonyl (C=O) groups excluding carboxylic acids is 1. The lowest BCUT2D eigenvalue weighted by atomic mass is 10.1. The first-order chi connectivity index (χ1) is 9.27. The van der Waals surface area contributed by atoms with Crippen LogP contribution >= 0.6 is 11.3 Å². The minimum atomic E-state index is -3.32. The fourth-order valence-electron chi connectivity index (χ4n) is 1.45. The van der Waals surface area contributed by atoms with Gasteiger partial charge in [-0.3, -0.25) is 10.1 Å². The Balaban J connectivity index is 2.19. The molecule has 0 aliphatic heterocycles. The topological polar surface area (TPSA) is 96.4 Å². The van der Waals surface area contributed by atoms with Crippen molar-refractivity contribution in [2.75, 3.05) is 11.6 Å². The quantitative estimate of drug-likeness (QED) is 0.901. The van der Waals surface area contributed by atoms with E-state index in [-0.39, 0.29) is 15.1 Å². The zero-order valence-corrected chi connectivity index (χ0v) is 12.4. The Morgan fingerprint density at radius 2 is 2.10 bits per heavy atom. The maximum absolute atomic E-state index is 12.0. The minimum absolute atomic E-state index is 0.0923. The largest absolute Gasteiger partial charge is 0.508 e. The van der Waals surface area contributed by atoms with Crippen LogP contribution in [0, 0.1) is 6.92 Å². The zero-order chi connectivity index (χ0) is 14.9. The second-order valence-electron chi connectivity index (χ2n) is 4.21. The molecule has 1 heterocycles. The van der Waals surface area contributed by atoms with Gasteiger partial charge in [0, 0.05) is 11.8 Å². The van der Waals surface area contributed by atoms with Gasteiger partial charge in [0.2, 0.25) is 0 Å². The van der Waals surface area contributed by atoms with Gasteiger partial charge in [0.05, 0.1) is 6.20 Å². The van der Waals surface area contributed by atoms with Crippen LogP contribution in [-0.2, 0) is 9.84 Å². The molecule has 0 fully saturated rings. The number of carbonyl (C=O) groups is 1. The van der Waals surface area contributed by atoms with Gasteiger partial charge in [-0.2, -0.15) is 0 Å². The Bertz CT molecular complexity index is 766. The number of nitrogens with zero attached hydrogens (tertiary/aromatic N) is 1. The highest BCUT2D eigenvalue weighted by atomic mass is 32.2. The second kappa shape index (κ2) is 5.22. The Morgan fingerprint density at radius 1 is 1.40 bits per heavy atom. The van der Waals surface area contributed by atoms with Gasteiger partial charge in [0.1, 0.15) is 9.96 Å². The molecule has 2 rings (SSSR count). The fourth-order valence-corrected chi connectivity index (χ4v) is 3.09. The Kier molecular flexibility index (Phi) is 3.78. The van der Waals surface area contributed by atoms with Gasteiger partial charge >= 0.3 is 0 Å². The van der Waals surface area contributed by atoms with E-state index in [1.807, 2.05) is 0 Å². The molecular weight excluding hydrogens is 300 g/mol. The number of rotatable bonds is 3. The standard InChI is InChI=1S/C12H12N2O4S2/c1-7-5-8(3-4-9(7)15)11(16)14-12-13-6-10(19-12)20(2,17)18/h3-6,15H,1-2H3,(H,13,14,16). The Hall–Kier alpha value is -1.93. The van der Waals surface area contributed by atoms with Crippen LogP contribution in [0.1, 0.15) is 15.9 Å². The van der Waals surface area contributed by atoms with Crippen molar-refractivity contribution in [3.63, 3.8) is 0 Å². The smallest absolute Gasteiger partial charge is 0.257 e. The molecular formula is C12H12N2O4S2. The van der Waals surface area contributed by atoms with Gasteiger partial charge in [-0.15, -0.1) is 0 Å². The minimum Gasteiger partial charge on any atom is -0.508 e. The molecule has 1 aromatic heterocycles. The van der Waals surface area contributed by atoms with Crippen molar-refractivity contribution in [1.82, 2.24) is 4.98 Å². The average Bonchev–Trinajstić information content (AvgIpc) is 2.81. The van der Waals surface area contributed by atoms with Crippen molar-refractivity contribution in [1.29, 1.82) is 0 Å². The van der Waals surface area contributed by atoms with E-state index >= 15 is 0 Å². The van der Waals surface area contributed by atoms with E-state index in [1.54, 1.807) is 6.92 Å². The number of sulfone groups is 1. The number of benzene rings is 1. The summed E-state index contributed by atoms with van der Waals surface area (Å²) in [4.78, 5) is 15.8. The van der Waals surface area contributed by atoms with Crippen LogP contribution in [0.4, 0.5) is 5.13 Å². The first kappa shape index (κ1) is 14.5. The van der Waals surface area contributed by atoms with Crippen molar-refractivity contribution in [3.8, 4) is 5.75 Å².